The lowest BCUT2D eigenvalue weighted by atomic mass is 9.85. The summed E-state index contributed by atoms with van der Waals surface area (Å²) >= 11 is 0. The normalized spacial score (nSPS) is 20.0. The number of carbonyl (C=O) groups is 1. The fourth-order valence-corrected chi connectivity index (χ4v) is 3.25. The van der Waals surface area contributed by atoms with Crippen LogP contribution in [0.3, 0.4) is 0 Å². The summed E-state index contributed by atoms with van der Waals surface area (Å²) < 4.78 is 0. The SMILES string of the molecule is C=CC1=C(N=C)CC(C(=O)NC(CCC)CCC)=N1.CC.C\C1=C/C=C\C=C\NCC1(C)C. The first kappa shape index (κ1) is 30.3. The average Bonchev–Trinajstić information content (AvgIpc) is 3.25. The van der Waals surface area contributed by atoms with Gasteiger partial charge in [0.05, 0.1) is 11.4 Å². The lowest BCUT2D eigenvalue weighted by Gasteiger charge is -2.25. The van der Waals surface area contributed by atoms with Crippen LogP contribution in [0.2, 0.25) is 0 Å². The van der Waals surface area contributed by atoms with Gasteiger partial charge in [0.25, 0.3) is 5.91 Å². The third kappa shape index (κ3) is 11.1. The highest BCUT2D eigenvalue weighted by Crippen LogP contribution is 2.25. The van der Waals surface area contributed by atoms with E-state index in [9.17, 15) is 4.79 Å². The van der Waals surface area contributed by atoms with Crippen molar-refractivity contribution in [2.45, 2.75) is 86.6 Å². The number of rotatable bonds is 8. The summed E-state index contributed by atoms with van der Waals surface area (Å²) in [4.78, 5) is 20.3. The van der Waals surface area contributed by atoms with Crippen LogP contribution in [-0.4, -0.2) is 30.9 Å². The molecule has 2 aliphatic heterocycles. The highest BCUT2D eigenvalue weighted by atomic mass is 16.2. The van der Waals surface area contributed by atoms with Gasteiger partial charge in [-0.15, -0.1) is 0 Å². The molecule has 0 aromatic heterocycles. The Morgan fingerprint density at radius 1 is 1.24 bits per heavy atom. The van der Waals surface area contributed by atoms with Crippen LogP contribution >= 0.6 is 0 Å². The van der Waals surface area contributed by atoms with Crippen LogP contribution in [0.4, 0.5) is 0 Å². The van der Waals surface area contributed by atoms with Crippen molar-refractivity contribution < 1.29 is 4.79 Å². The number of amides is 1. The van der Waals surface area contributed by atoms with Crippen molar-refractivity contribution in [2.75, 3.05) is 6.54 Å². The molecule has 0 aromatic carbocycles. The number of aliphatic imine (C=N–C) groups is 2. The van der Waals surface area contributed by atoms with Crippen LogP contribution in [0.25, 0.3) is 0 Å². The molecule has 0 fully saturated rings. The monoisotopic (exact) mass is 454 g/mol. The molecule has 2 heterocycles. The molecule has 0 saturated heterocycles. The van der Waals surface area contributed by atoms with E-state index in [4.69, 9.17) is 0 Å². The Hall–Kier alpha value is -2.69. The number of carbonyl (C=O) groups excluding carboxylic acids is 1. The zero-order chi connectivity index (χ0) is 25.3. The molecule has 0 aromatic rings. The lowest BCUT2D eigenvalue weighted by Crippen LogP contribution is -2.38. The Morgan fingerprint density at radius 2 is 1.88 bits per heavy atom. The summed E-state index contributed by atoms with van der Waals surface area (Å²) in [6.45, 7) is 23.1. The second-order valence-electron chi connectivity index (χ2n) is 8.54. The molecule has 0 bridgehead atoms. The number of hydrogen-bond donors (Lipinski definition) is 2. The largest absolute Gasteiger partial charge is 0.390 e. The topological polar surface area (TPSA) is 65.8 Å². The molecule has 0 atom stereocenters. The smallest absolute Gasteiger partial charge is 0.266 e. The van der Waals surface area contributed by atoms with Crippen LogP contribution in [0.1, 0.15) is 80.6 Å². The molecular formula is C28H46N4O. The lowest BCUT2D eigenvalue weighted by molar-refractivity contribution is -0.115. The Balaban J connectivity index is 0.000000627. The molecule has 0 saturated carbocycles. The van der Waals surface area contributed by atoms with Gasteiger partial charge in [-0.25, -0.2) is 4.99 Å². The van der Waals surface area contributed by atoms with E-state index in [0.29, 0.717) is 17.8 Å². The van der Waals surface area contributed by atoms with E-state index in [-0.39, 0.29) is 17.4 Å². The molecule has 33 heavy (non-hydrogen) atoms. The molecule has 184 valence electrons. The fourth-order valence-electron chi connectivity index (χ4n) is 3.25. The second kappa shape index (κ2) is 16.9. The summed E-state index contributed by atoms with van der Waals surface area (Å²) in [5, 5.41) is 6.33. The number of nitrogens with zero attached hydrogens (tertiary/aromatic N) is 2. The third-order valence-corrected chi connectivity index (χ3v) is 5.54. The van der Waals surface area contributed by atoms with Crippen molar-refractivity contribution in [3.63, 3.8) is 0 Å². The third-order valence-electron chi connectivity index (χ3n) is 5.54. The first-order valence-electron chi connectivity index (χ1n) is 12.2. The Morgan fingerprint density at radius 3 is 2.39 bits per heavy atom. The maximum atomic E-state index is 12.2. The first-order valence-corrected chi connectivity index (χ1v) is 12.2. The van der Waals surface area contributed by atoms with Gasteiger partial charge in [-0.1, -0.05) is 84.8 Å². The molecule has 0 unspecified atom stereocenters. The summed E-state index contributed by atoms with van der Waals surface area (Å²) in [5.74, 6) is -0.0927. The second-order valence-corrected chi connectivity index (χ2v) is 8.54. The minimum Gasteiger partial charge on any atom is -0.390 e. The van der Waals surface area contributed by atoms with Crippen LogP contribution < -0.4 is 10.6 Å². The maximum Gasteiger partial charge on any atom is 0.266 e. The molecule has 5 nitrogen and oxygen atoms in total. The predicted octanol–water partition coefficient (Wildman–Crippen LogP) is 6.67. The van der Waals surface area contributed by atoms with Gasteiger partial charge in [0.15, 0.2) is 0 Å². The molecule has 0 spiro atoms. The van der Waals surface area contributed by atoms with E-state index in [2.05, 4.69) is 80.7 Å². The van der Waals surface area contributed by atoms with Gasteiger partial charge in [0.2, 0.25) is 0 Å². The summed E-state index contributed by atoms with van der Waals surface area (Å²) in [7, 11) is 0. The van der Waals surface area contributed by atoms with Gasteiger partial charge in [0, 0.05) is 24.4 Å². The zero-order valence-corrected chi connectivity index (χ0v) is 22.0. The minimum atomic E-state index is -0.0927. The summed E-state index contributed by atoms with van der Waals surface area (Å²) in [5.41, 5.74) is 3.55. The quantitative estimate of drug-likeness (QED) is 0.402. The van der Waals surface area contributed by atoms with E-state index in [1.54, 1.807) is 6.08 Å². The molecule has 5 heteroatoms. The van der Waals surface area contributed by atoms with Crippen LogP contribution in [0.5, 0.6) is 0 Å². The van der Waals surface area contributed by atoms with E-state index in [0.717, 1.165) is 37.9 Å². The van der Waals surface area contributed by atoms with E-state index >= 15 is 0 Å². The number of nitrogens with one attached hydrogen (secondary N) is 2. The van der Waals surface area contributed by atoms with Crippen LogP contribution in [0.15, 0.2) is 70.1 Å². The van der Waals surface area contributed by atoms with Crippen LogP contribution in [-0.2, 0) is 4.79 Å². The average molecular weight is 455 g/mol. The van der Waals surface area contributed by atoms with Crippen LogP contribution in [0, 0.1) is 5.41 Å². The van der Waals surface area contributed by atoms with Gasteiger partial charge in [-0.05, 0) is 44.8 Å². The first-order chi connectivity index (χ1) is 15.8. The number of hydrogen-bond acceptors (Lipinski definition) is 4. The molecule has 0 radical (unpaired) electrons. The van der Waals surface area contributed by atoms with Crippen molar-refractivity contribution in [3.05, 3.63) is 60.1 Å². The van der Waals surface area contributed by atoms with Crippen molar-refractivity contribution >= 4 is 18.3 Å². The van der Waals surface area contributed by atoms with E-state index in [1.807, 2.05) is 32.2 Å². The van der Waals surface area contributed by atoms with Gasteiger partial charge in [-0.2, -0.15) is 0 Å². The highest BCUT2D eigenvalue weighted by molar-refractivity contribution is 6.40. The molecule has 2 rings (SSSR count). The molecular weight excluding hydrogens is 408 g/mol. The molecule has 0 aliphatic carbocycles. The number of allylic oxidation sites excluding steroid dienone is 6. The molecule has 2 aliphatic rings. The Labute approximate surface area is 202 Å². The maximum absolute atomic E-state index is 12.2. The van der Waals surface area contributed by atoms with Gasteiger partial charge < -0.3 is 10.6 Å². The van der Waals surface area contributed by atoms with Crippen molar-refractivity contribution in [1.82, 2.24) is 10.6 Å². The summed E-state index contributed by atoms with van der Waals surface area (Å²) in [6, 6.07) is 0.234. The van der Waals surface area contributed by atoms with Gasteiger partial charge >= 0.3 is 0 Å². The fraction of sp³-hybridized carbons (Fsp3) is 0.536. The highest BCUT2D eigenvalue weighted by Gasteiger charge is 2.23. The van der Waals surface area contributed by atoms with E-state index in [1.165, 1.54) is 5.57 Å². The molecule has 1 amide bonds. The summed E-state index contributed by atoms with van der Waals surface area (Å²) in [6.07, 6.45) is 16.5. The van der Waals surface area contributed by atoms with Gasteiger partial charge in [-0.3, -0.25) is 9.79 Å². The standard InChI is InChI=1S/C15H23N3O.C11H17N.C2H6/c1-5-8-11(9-6-2)17-15(19)14-10-13(16-4)12(7-3)18-14;1-10-7-5-4-6-8-12-9-11(10,2)3;1-2/h7,11H,3-6,8-10H2,1-2H3,(H,17,19);4-8,12H,9H2,1-3H3;1-2H3/b;5-4-,8-6+,10-7+;. The van der Waals surface area contributed by atoms with E-state index < -0.39 is 0 Å². The Bertz CT molecular complexity index is 776. The predicted molar refractivity (Wildman–Crippen MR) is 146 cm³/mol. The minimum absolute atomic E-state index is 0.0927. The Kier molecular flexibility index (Phi) is 15.5. The van der Waals surface area contributed by atoms with Crippen molar-refractivity contribution in [1.29, 1.82) is 0 Å². The zero-order valence-electron chi connectivity index (χ0n) is 22.0. The molecule has 2 N–H and O–H groups in total. The van der Waals surface area contributed by atoms with Gasteiger partial charge in [0.1, 0.15) is 5.71 Å². The van der Waals surface area contributed by atoms with Crippen molar-refractivity contribution in [3.8, 4) is 0 Å². The van der Waals surface area contributed by atoms with Crippen molar-refractivity contribution in [2.24, 2.45) is 15.4 Å².